The van der Waals surface area contributed by atoms with Crippen LogP contribution in [0.25, 0.3) is 0 Å². The molecule has 0 aliphatic carbocycles. The van der Waals surface area contributed by atoms with Gasteiger partial charge in [0.15, 0.2) is 6.10 Å². The second-order valence-corrected chi connectivity index (χ2v) is 6.18. The van der Waals surface area contributed by atoms with Crippen LogP contribution in [0.2, 0.25) is 5.02 Å². The number of amides is 1. The summed E-state index contributed by atoms with van der Waals surface area (Å²) in [7, 11) is 0. The molecule has 2 N–H and O–H groups in total. The average molecular weight is 295 g/mol. The Morgan fingerprint density at radius 3 is 3.05 bits per heavy atom. The summed E-state index contributed by atoms with van der Waals surface area (Å²) in [6, 6.07) is 5.74. The fourth-order valence-corrected chi connectivity index (χ4v) is 3.35. The first-order valence-electron chi connectivity index (χ1n) is 7.04. The van der Waals surface area contributed by atoms with Crippen molar-refractivity contribution in [2.75, 3.05) is 13.1 Å². The van der Waals surface area contributed by atoms with Gasteiger partial charge in [0.05, 0.1) is 0 Å². The number of hydrogen-bond donors (Lipinski definition) is 1. The van der Waals surface area contributed by atoms with Gasteiger partial charge in [-0.15, -0.1) is 0 Å². The molecule has 1 saturated heterocycles. The maximum atomic E-state index is 12.6. The van der Waals surface area contributed by atoms with Crippen molar-refractivity contribution in [1.82, 2.24) is 4.90 Å². The smallest absolute Gasteiger partial charge is 0.264 e. The van der Waals surface area contributed by atoms with Crippen LogP contribution < -0.4 is 10.5 Å². The number of likely N-dealkylation sites (tertiary alicyclic amines) is 1. The maximum Gasteiger partial charge on any atom is 0.264 e. The second kappa shape index (κ2) is 5.26. The molecule has 2 aliphatic heterocycles. The number of hydrogen-bond acceptors (Lipinski definition) is 3. The minimum atomic E-state index is -0.414. The van der Waals surface area contributed by atoms with Gasteiger partial charge in [0, 0.05) is 24.0 Å². The number of benzene rings is 1. The van der Waals surface area contributed by atoms with Gasteiger partial charge in [-0.25, -0.2) is 0 Å². The minimum Gasteiger partial charge on any atom is -0.480 e. The molecule has 3 unspecified atom stereocenters. The van der Waals surface area contributed by atoms with Crippen molar-refractivity contribution in [2.45, 2.75) is 31.9 Å². The lowest BCUT2D eigenvalue weighted by atomic mass is 10.1. The van der Waals surface area contributed by atoms with Gasteiger partial charge in [-0.2, -0.15) is 0 Å². The lowest BCUT2D eigenvalue weighted by molar-refractivity contribution is -0.138. The Labute approximate surface area is 123 Å². The molecule has 0 aromatic heterocycles. The number of ether oxygens (including phenoxy) is 1. The van der Waals surface area contributed by atoms with E-state index in [2.05, 4.69) is 6.92 Å². The number of fused-ring (bicyclic) bond motifs is 1. The van der Waals surface area contributed by atoms with Crippen molar-refractivity contribution in [2.24, 2.45) is 11.7 Å². The Morgan fingerprint density at radius 2 is 2.35 bits per heavy atom. The van der Waals surface area contributed by atoms with Crippen LogP contribution in [0, 0.1) is 5.92 Å². The summed E-state index contributed by atoms with van der Waals surface area (Å²) in [5.74, 6) is 1.25. The summed E-state index contributed by atoms with van der Waals surface area (Å²) in [6.45, 7) is 3.45. The first kappa shape index (κ1) is 13.7. The molecule has 1 fully saturated rings. The lowest BCUT2D eigenvalue weighted by Crippen LogP contribution is -2.43. The van der Waals surface area contributed by atoms with E-state index < -0.39 is 6.10 Å². The molecule has 3 atom stereocenters. The van der Waals surface area contributed by atoms with Crippen molar-refractivity contribution < 1.29 is 9.53 Å². The SMILES string of the molecule is CC1CC(CN)CN1C(=O)C1Cc2cc(Cl)ccc2O1. The molecule has 1 amide bonds. The van der Waals surface area contributed by atoms with E-state index in [-0.39, 0.29) is 11.9 Å². The fourth-order valence-electron chi connectivity index (χ4n) is 3.16. The first-order valence-corrected chi connectivity index (χ1v) is 7.42. The van der Waals surface area contributed by atoms with Crippen LogP contribution >= 0.6 is 11.6 Å². The van der Waals surface area contributed by atoms with Gasteiger partial charge in [0.25, 0.3) is 5.91 Å². The molecule has 0 bridgehead atoms. The lowest BCUT2D eigenvalue weighted by Gasteiger charge is -2.24. The predicted molar refractivity (Wildman–Crippen MR) is 77.9 cm³/mol. The predicted octanol–water partition coefficient (Wildman–Crippen LogP) is 1.84. The average Bonchev–Trinajstić information content (AvgIpc) is 3.00. The zero-order chi connectivity index (χ0) is 14.3. The molecule has 0 radical (unpaired) electrons. The van der Waals surface area contributed by atoms with Crippen molar-refractivity contribution in [1.29, 1.82) is 0 Å². The van der Waals surface area contributed by atoms with Crippen LogP contribution in [0.5, 0.6) is 5.75 Å². The Bertz CT molecular complexity index is 535. The van der Waals surface area contributed by atoms with E-state index in [0.29, 0.717) is 23.9 Å². The first-order chi connectivity index (χ1) is 9.58. The molecule has 5 heteroatoms. The summed E-state index contributed by atoms with van der Waals surface area (Å²) < 4.78 is 5.77. The summed E-state index contributed by atoms with van der Waals surface area (Å²) in [5.41, 5.74) is 6.73. The number of halogens is 1. The quantitative estimate of drug-likeness (QED) is 0.905. The molecule has 20 heavy (non-hydrogen) atoms. The van der Waals surface area contributed by atoms with Gasteiger partial charge < -0.3 is 15.4 Å². The topological polar surface area (TPSA) is 55.6 Å². The maximum absolute atomic E-state index is 12.6. The third-order valence-corrected chi connectivity index (χ3v) is 4.49. The molecule has 2 heterocycles. The third-order valence-electron chi connectivity index (χ3n) is 4.25. The summed E-state index contributed by atoms with van der Waals surface area (Å²) in [5, 5.41) is 0.679. The van der Waals surface area contributed by atoms with Crippen LogP contribution in [0.1, 0.15) is 18.9 Å². The molecule has 4 nitrogen and oxygen atoms in total. The zero-order valence-electron chi connectivity index (χ0n) is 11.5. The summed E-state index contributed by atoms with van der Waals surface area (Å²) in [4.78, 5) is 14.5. The fraction of sp³-hybridized carbons (Fsp3) is 0.533. The Balaban J connectivity index is 1.71. The highest BCUT2D eigenvalue weighted by Crippen LogP contribution is 2.33. The largest absolute Gasteiger partial charge is 0.480 e. The molecule has 3 rings (SSSR count). The minimum absolute atomic E-state index is 0.0702. The van der Waals surface area contributed by atoms with Crippen LogP contribution in [-0.4, -0.2) is 36.0 Å². The van der Waals surface area contributed by atoms with E-state index >= 15 is 0 Å². The Morgan fingerprint density at radius 1 is 1.55 bits per heavy atom. The van der Waals surface area contributed by atoms with Gasteiger partial charge >= 0.3 is 0 Å². The molecular weight excluding hydrogens is 276 g/mol. The van der Waals surface area contributed by atoms with Crippen molar-refractivity contribution in [3.8, 4) is 5.75 Å². The van der Waals surface area contributed by atoms with Crippen molar-refractivity contribution >= 4 is 17.5 Å². The van der Waals surface area contributed by atoms with E-state index in [1.807, 2.05) is 17.0 Å². The van der Waals surface area contributed by atoms with Crippen LogP contribution in [0.15, 0.2) is 18.2 Å². The Hall–Kier alpha value is -1.26. The van der Waals surface area contributed by atoms with E-state index in [0.717, 1.165) is 24.3 Å². The highest BCUT2D eigenvalue weighted by Gasteiger charge is 2.38. The number of rotatable bonds is 2. The molecule has 0 saturated carbocycles. The molecular formula is C15H19ClN2O2. The zero-order valence-corrected chi connectivity index (χ0v) is 12.3. The van der Waals surface area contributed by atoms with Crippen LogP contribution in [0.3, 0.4) is 0 Å². The van der Waals surface area contributed by atoms with E-state index in [9.17, 15) is 4.79 Å². The van der Waals surface area contributed by atoms with E-state index in [4.69, 9.17) is 22.1 Å². The molecule has 2 aliphatic rings. The van der Waals surface area contributed by atoms with Gasteiger partial charge in [-0.05, 0) is 49.6 Å². The van der Waals surface area contributed by atoms with Gasteiger partial charge in [0.2, 0.25) is 0 Å². The van der Waals surface area contributed by atoms with E-state index in [1.165, 1.54) is 0 Å². The van der Waals surface area contributed by atoms with Crippen LogP contribution in [-0.2, 0) is 11.2 Å². The molecule has 1 aromatic carbocycles. The molecule has 108 valence electrons. The standard InChI is InChI=1S/C15H19ClN2O2/c1-9-4-10(7-17)8-18(9)15(19)14-6-11-5-12(16)2-3-13(11)20-14/h2-3,5,9-10,14H,4,6-8,17H2,1H3. The molecule has 1 aromatic rings. The van der Waals surface area contributed by atoms with Crippen LogP contribution in [0.4, 0.5) is 0 Å². The molecule has 0 spiro atoms. The van der Waals surface area contributed by atoms with Gasteiger partial charge in [-0.1, -0.05) is 11.6 Å². The number of carbonyl (C=O) groups is 1. The summed E-state index contributed by atoms with van der Waals surface area (Å²) in [6.07, 6.45) is 1.17. The Kier molecular flexibility index (Phi) is 3.61. The third kappa shape index (κ3) is 2.38. The summed E-state index contributed by atoms with van der Waals surface area (Å²) >= 11 is 5.97. The monoisotopic (exact) mass is 294 g/mol. The highest BCUT2D eigenvalue weighted by atomic mass is 35.5. The van der Waals surface area contributed by atoms with Gasteiger partial charge in [-0.3, -0.25) is 4.79 Å². The normalized spacial score (nSPS) is 28.4. The number of carbonyl (C=O) groups excluding carboxylic acids is 1. The van der Waals surface area contributed by atoms with E-state index in [1.54, 1.807) is 6.07 Å². The number of nitrogens with two attached hydrogens (primary N) is 1. The number of nitrogens with zero attached hydrogens (tertiary/aromatic N) is 1. The van der Waals surface area contributed by atoms with Gasteiger partial charge in [0.1, 0.15) is 5.75 Å². The second-order valence-electron chi connectivity index (χ2n) is 5.74. The highest BCUT2D eigenvalue weighted by molar-refractivity contribution is 6.30. The van der Waals surface area contributed by atoms with Crippen molar-refractivity contribution in [3.05, 3.63) is 28.8 Å². The van der Waals surface area contributed by atoms with Crippen molar-refractivity contribution in [3.63, 3.8) is 0 Å².